The lowest BCUT2D eigenvalue weighted by atomic mass is 10.1. The Bertz CT molecular complexity index is 508. The molecule has 0 aliphatic carbocycles. The van der Waals surface area contributed by atoms with Crippen molar-refractivity contribution in [3.63, 3.8) is 0 Å². The number of hydrogen-bond acceptors (Lipinski definition) is 2. The van der Waals surface area contributed by atoms with Gasteiger partial charge in [0, 0.05) is 18.6 Å². The van der Waals surface area contributed by atoms with E-state index in [4.69, 9.17) is 0 Å². The highest BCUT2D eigenvalue weighted by Gasteiger charge is 2.38. The van der Waals surface area contributed by atoms with Gasteiger partial charge < -0.3 is 5.32 Å². The summed E-state index contributed by atoms with van der Waals surface area (Å²) < 4.78 is 13.7. The van der Waals surface area contributed by atoms with Gasteiger partial charge in [-0.1, -0.05) is 6.07 Å². The molecule has 1 aromatic carbocycles. The van der Waals surface area contributed by atoms with Gasteiger partial charge >= 0.3 is 0 Å². The van der Waals surface area contributed by atoms with Crippen molar-refractivity contribution in [2.75, 3.05) is 13.1 Å². The van der Waals surface area contributed by atoms with Gasteiger partial charge in [-0.3, -0.25) is 9.69 Å². The summed E-state index contributed by atoms with van der Waals surface area (Å²) in [6.45, 7) is 2.20. The number of fused-ring (bicyclic) bond motifs is 1. The molecule has 2 fully saturated rings. The van der Waals surface area contributed by atoms with Crippen LogP contribution in [-0.2, 0) is 0 Å². The van der Waals surface area contributed by atoms with Gasteiger partial charge in [0.2, 0.25) is 0 Å². The van der Waals surface area contributed by atoms with Crippen LogP contribution in [0.1, 0.15) is 29.6 Å². The number of carbonyl (C=O) groups is 1. The van der Waals surface area contributed by atoms with Gasteiger partial charge in [0.05, 0.1) is 10.0 Å². The SMILES string of the molecule is O=C(NC1CCN2CCCC12)c1cccc(F)c1Br. The molecule has 0 radical (unpaired) electrons. The molecule has 1 N–H and O–H groups in total. The molecule has 2 aliphatic rings. The van der Waals surface area contributed by atoms with Crippen LogP contribution in [0.3, 0.4) is 0 Å². The Morgan fingerprint density at radius 1 is 1.37 bits per heavy atom. The van der Waals surface area contributed by atoms with Crippen molar-refractivity contribution in [1.29, 1.82) is 0 Å². The van der Waals surface area contributed by atoms with Crippen LogP contribution in [-0.4, -0.2) is 36.0 Å². The predicted molar refractivity (Wildman–Crippen MR) is 74.6 cm³/mol. The zero-order chi connectivity index (χ0) is 13.4. The van der Waals surface area contributed by atoms with E-state index in [-0.39, 0.29) is 16.4 Å². The second-order valence-corrected chi connectivity index (χ2v) is 6.01. The highest BCUT2D eigenvalue weighted by atomic mass is 79.9. The molecule has 102 valence electrons. The lowest BCUT2D eigenvalue weighted by molar-refractivity contribution is 0.0928. The number of nitrogens with one attached hydrogen (secondary N) is 1. The first-order chi connectivity index (χ1) is 9.16. The average molecular weight is 327 g/mol. The van der Waals surface area contributed by atoms with Crippen molar-refractivity contribution in [2.45, 2.75) is 31.3 Å². The molecular formula is C14H16BrFN2O. The van der Waals surface area contributed by atoms with E-state index in [0.29, 0.717) is 11.6 Å². The van der Waals surface area contributed by atoms with Crippen molar-refractivity contribution >= 4 is 21.8 Å². The Kier molecular flexibility index (Phi) is 3.58. The van der Waals surface area contributed by atoms with Gasteiger partial charge in [-0.15, -0.1) is 0 Å². The van der Waals surface area contributed by atoms with Crippen molar-refractivity contribution < 1.29 is 9.18 Å². The second-order valence-electron chi connectivity index (χ2n) is 5.22. The predicted octanol–water partition coefficient (Wildman–Crippen LogP) is 2.55. The maximum absolute atomic E-state index is 13.4. The van der Waals surface area contributed by atoms with E-state index >= 15 is 0 Å². The highest BCUT2D eigenvalue weighted by Crippen LogP contribution is 2.28. The van der Waals surface area contributed by atoms with E-state index < -0.39 is 5.82 Å². The number of hydrogen-bond donors (Lipinski definition) is 1. The van der Waals surface area contributed by atoms with Crippen LogP contribution in [0, 0.1) is 5.82 Å². The van der Waals surface area contributed by atoms with E-state index in [0.717, 1.165) is 25.9 Å². The fourth-order valence-corrected chi connectivity index (χ4v) is 3.62. The smallest absolute Gasteiger partial charge is 0.252 e. The summed E-state index contributed by atoms with van der Waals surface area (Å²) in [5, 5.41) is 3.06. The van der Waals surface area contributed by atoms with Crippen LogP contribution < -0.4 is 5.32 Å². The number of amides is 1. The Morgan fingerprint density at radius 3 is 3.05 bits per heavy atom. The highest BCUT2D eigenvalue weighted by molar-refractivity contribution is 9.10. The lowest BCUT2D eigenvalue weighted by Gasteiger charge is -2.21. The van der Waals surface area contributed by atoms with Crippen molar-refractivity contribution in [1.82, 2.24) is 10.2 Å². The Hall–Kier alpha value is -0.940. The Balaban J connectivity index is 1.73. The minimum Gasteiger partial charge on any atom is -0.348 e. The van der Waals surface area contributed by atoms with Gasteiger partial charge in [0.25, 0.3) is 5.91 Å². The second kappa shape index (κ2) is 5.21. The van der Waals surface area contributed by atoms with Crippen molar-refractivity contribution in [3.05, 3.63) is 34.1 Å². The molecule has 19 heavy (non-hydrogen) atoms. The molecule has 5 heteroatoms. The van der Waals surface area contributed by atoms with E-state index in [2.05, 4.69) is 26.1 Å². The third kappa shape index (κ3) is 2.41. The zero-order valence-corrected chi connectivity index (χ0v) is 12.1. The molecule has 0 aromatic heterocycles. The topological polar surface area (TPSA) is 32.3 Å². The molecule has 0 saturated carbocycles. The first-order valence-electron chi connectivity index (χ1n) is 6.66. The molecule has 2 heterocycles. The monoisotopic (exact) mass is 326 g/mol. The lowest BCUT2D eigenvalue weighted by Crippen LogP contribution is -2.42. The Labute approximate surface area is 120 Å². The average Bonchev–Trinajstić information content (AvgIpc) is 2.97. The first-order valence-corrected chi connectivity index (χ1v) is 7.45. The summed E-state index contributed by atoms with van der Waals surface area (Å²) in [5.41, 5.74) is 0.372. The fraction of sp³-hybridized carbons (Fsp3) is 0.500. The third-order valence-corrected chi connectivity index (χ3v) is 4.92. The number of nitrogens with zero attached hydrogens (tertiary/aromatic N) is 1. The van der Waals surface area contributed by atoms with E-state index in [9.17, 15) is 9.18 Å². The van der Waals surface area contributed by atoms with Crippen LogP contribution in [0.4, 0.5) is 4.39 Å². The Morgan fingerprint density at radius 2 is 2.21 bits per heavy atom. The van der Waals surface area contributed by atoms with E-state index in [1.54, 1.807) is 12.1 Å². The summed E-state index contributed by atoms with van der Waals surface area (Å²) >= 11 is 3.14. The molecule has 2 aliphatic heterocycles. The summed E-state index contributed by atoms with van der Waals surface area (Å²) in [6, 6.07) is 5.21. The third-order valence-electron chi connectivity index (χ3n) is 4.12. The summed E-state index contributed by atoms with van der Waals surface area (Å²) in [4.78, 5) is 14.7. The van der Waals surface area contributed by atoms with Gasteiger partial charge in [-0.25, -0.2) is 4.39 Å². The van der Waals surface area contributed by atoms with Gasteiger partial charge in [-0.05, 0) is 53.9 Å². The zero-order valence-electron chi connectivity index (χ0n) is 10.5. The molecule has 0 spiro atoms. The van der Waals surface area contributed by atoms with Crippen LogP contribution in [0.5, 0.6) is 0 Å². The van der Waals surface area contributed by atoms with E-state index in [1.807, 2.05) is 0 Å². The van der Waals surface area contributed by atoms with Gasteiger partial charge in [0.15, 0.2) is 0 Å². The van der Waals surface area contributed by atoms with Crippen LogP contribution in [0.15, 0.2) is 22.7 Å². The fourth-order valence-electron chi connectivity index (χ4n) is 3.18. The molecule has 2 atom stereocenters. The maximum Gasteiger partial charge on any atom is 0.252 e. The molecule has 3 rings (SSSR count). The van der Waals surface area contributed by atoms with Crippen molar-refractivity contribution in [2.24, 2.45) is 0 Å². The molecule has 2 unspecified atom stereocenters. The summed E-state index contributed by atoms with van der Waals surface area (Å²) in [5.74, 6) is -0.591. The van der Waals surface area contributed by atoms with E-state index in [1.165, 1.54) is 12.5 Å². The normalized spacial score (nSPS) is 26.4. The number of carbonyl (C=O) groups excluding carboxylic acids is 1. The molecular weight excluding hydrogens is 311 g/mol. The minimum absolute atomic E-state index is 0.190. The van der Waals surface area contributed by atoms with Crippen LogP contribution >= 0.6 is 15.9 Å². The van der Waals surface area contributed by atoms with Crippen LogP contribution in [0.2, 0.25) is 0 Å². The molecule has 2 saturated heterocycles. The summed E-state index contributed by atoms with van der Waals surface area (Å²) in [6.07, 6.45) is 3.35. The first kappa shape index (κ1) is 13.1. The molecule has 1 amide bonds. The number of halogens is 2. The number of rotatable bonds is 2. The van der Waals surface area contributed by atoms with Gasteiger partial charge in [-0.2, -0.15) is 0 Å². The standard InChI is InChI=1S/C14H16BrFN2O/c15-13-9(3-1-4-10(13)16)14(19)17-11-6-8-18-7-2-5-12(11)18/h1,3-4,11-12H,2,5-8H2,(H,17,19). The van der Waals surface area contributed by atoms with Crippen molar-refractivity contribution in [3.8, 4) is 0 Å². The molecule has 3 nitrogen and oxygen atoms in total. The molecule has 1 aromatic rings. The van der Waals surface area contributed by atoms with Crippen LogP contribution in [0.25, 0.3) is 0 Å². The van der Waals surface area contributed by atoms with Gasteiger partial charge in [0.1, 0.15) is 5.82 Å². The quantitative estimate of drug-likeness (QED) is 0.905. The summed E-state index contributed by atoms with van der Waals surface area (Å²) in [7, 11) is 0. The minimum atomic E-state index is -0.401. The maximum atomic E-state index is 13.4. The largest absolute Gasteiger partial charge is 0.348 e. The molecule has 0 bridgehead atoms. The number of benzene rings is 1.